The van der Waals surface area contributed by atoms with Crippen molar-refractivity contribution in [3.8, 4) is 0 Å². The summed E-state index contributed by atoms with van der Waals surface area (Å²) in [7, 11) is 0. The lowest BCUT2D eigenvalue weighted by Gasteiger charge is -2.48. The van der Waals surface area contributed by atoms with Gasteiger partial charge in [-0.2, -0.15) is 0 Å². The van der Waals surface area contributed by atoms with E-state index in [0.29, 0.717) is 0 Å². The van der Waals surface area contributed by atoms with Gasteiger partial charge in [0, 0.05) is 50.3 Å². The largest absolute Gasteiger partial charge is 0.299 e. The van der Waals surface area contributed by atoms with Crippen molar-refractivity contribution in [3.63, 3.8) is 0 Å². The van der Waals surface area contributed by atoms with Crippen molar-refractivity contribution in [2.24, 2.45) is 47.3 Å². The van der Waals surface area contributed by atoms with Crippen LogP contribution in [0.25, 0.3) is 0 Å². The summed E-state index contributed by atoms with van der Waals surface area (Å²) in [4.78, 5) is 12.5. The molecule has 8 aliphatic carbocycles. The first kappa shape index (κ1) is 35.5. The van der Waals surface area contributed by atoms with Crippen LogP contribution in [0.15, 0.2) is 0 Å². The molecule has 0 aromatic carbocycles. The molecule has 8 atom stereocenters. The Bertz CT molecular complexity index is 853. The summed E-state index contributed by atoms with van der Waals surface area (Å²) in [6.07, 6.45) is 39.7. The Balaban J connectivity index is 0.942. The third-order valence-electron chi connectivity index (χ3n) is 17.6. The minimum Gasteiger partial charge on any atom is -0.299 e. The van der Waals surface area contributed by atoms with Gasteiger partial charge in [-0.1, -0.05) is 77.0 Å². The van der Waals surface area contributed by atoms with Crippen LogP contribution >= 0.6 is 0 Å². The first-order chi connectivity index (χ1) is 24.7. The van der Waals surface area contributed by atoms with Gasteiger partial charge in [-0.15, -0.1) is 0 Å². The van der Waals surface area contributed by atoms with Gasteiger partial charge >= 0.3 is 0 Å². The minimum atomic E-state index is 0.878. The van der Waals surface area contributed by atoms with Gasteiger partial charge in [0.15, 0.2) is 0 Å². The zero-order chi connectivity index (χ0) is 33.3. The average Bonchev–Trinajstić information content (AvgIpc) is 3.11. The number of hydrogen-bond acceptors (Lipinski definition) is 4. The van der Waals surface area contributed by atoms with Gasteiger partial charge in [0.1, 0.15) is 0 Å². The molecule has 9 fully saturated rings. The lowest BCUT2D eigenvalue weighted by molar-refractivity contribution is 0.0198. The molecule has 1 aliphatic heterocycles. The highest BCUT2D eigenvalue weighted by molar-refractivity contribution is 4.94. The fourth-order valence-electron chi connectivity index (χ4n) is 15.4. The molecule has 0 N–H and O–H groups in total. The highest BCUT2D eigenvalue weighted by Crippen LogP contribution is 2.45. The zero-order valence-corrected chi connectivity index (χ0v) is 32.8. The van der Waals surface area contributed by atoms with E-state index >= 15 is 0 Å². The molecule has 0 radical (unpaired) electrons. The Kier molecular flexibility index (Phi) is 11.9. The molecule has 8 unspecified atom stereocenters. The van der Waals surface area contributed by atoms with Crippen molar-refractivity contribution >= 4 is 0 Å². The van der Waals surface area contributed by atoms with Crippen molar-refractivity contribution < 1.29 is 0 Å². The molecular formula is C46H80N4. The molecule has 8 bridgehead atoms. The number of hydrogen-bond donors (Lipinski definition) is 0. The Hall–Kier alpha value is -0.160. The molecule has 0 amide bonds. The van der Waals surface area contributed by atoms with E-state index < -0.39 is 0 Å². The second-order valence-electron chi connectivity index (χ2n) is 20.9. The molecule has 4 nitrogen and oxygen atoms in total. The predicted octanol–water partition coefficient (Wildman–Crippen LogP) is 9.86. The Morgan fingerprint density at radius 1 is 0.200 bits per heavy atom. The molecule has 284 valence electrons. The van der Waals surface area contributed by atoms with Crippen molar-refractivity contribution in [2.75, 3.05) is 52.4 Å². The van der Waals surface area contributed by atoms with Crippen LogP contribution in [0, 0.1) is 47.3 Å². The van der Waals surface area contributed by atoms with Crippen LogP contribution in [-0.4, -0.2) is 96.1 Å². The topological polar surface area (TPSA) is 13.0 Å². The number of fused-ring (bicyclic) bond motifs is 8. The highest BCUT2D eigenvalue weighted by atomic mass is 15.3. The van der Waals surface area contributed by atoms with Crippen molar-refractivity contribution in [1.29, 1.82) is 0 Å². The first-order valence-corrected chi connectivity index (χ1v) is 23.6. The van der Waals surface area contributed by atoms with Gasteiger partial charge in [0.25, 0.3) is 0 Å². The maximum Gasteiger partial charge on any atom is 0.0112 e. The molecule has 8 saturated carbocycles. The van der Waals surface area contributed by atoms with Crippen LogP contribution in [0.1, 0.15) is 167 Å². The van der Waals surface area contributed by atoms with Gasteiger partial charge < -0.3 is 0 Å². The van der Waals surface area contributed by atoms with E-state index in [9.17, 15) is 0 Å². The van der Waals surface area contributed by atoms with Gasteiger partial charge in [-0.05, 0) is 163 Å². The monoisotopic (exact) mass is 689 g/mol. The first-order valence-electron chi connectivity index (χ1n) is 23.6. The number of rotatable bonds is 4. The van der Waals surface area contributed by atoms with E-state index in [1.807, 2.05) is 0 Å². The molecule has 1 heterocycles. The van der Waals surface area contributed by atoms with Crippen LogP contribution in [-0.2, 0) is 0 Å². The smallest absolute Gasteiger partial charge is 0.0112 e. The summed E-state index contributed by atoms with van der Waals surface area (Å²) >= 11 is 0. The molecule has 0 aromatic rings. The SMILES string of the molecule is C1CC2CC(C1)CC(N1CCCN(C3CC4CCCC(C4)C3)CCN(C3CC4CCCC(C4)C3)CCCN(C3CC4CCCC(C4)C3)CC1)C2. The zero-order valence-electron chi connectivity index (χ0n) is 32.8. The quantitative estimate of drug-likeness (QED) is 0.292. The second-order valence-corrected chi connectivity index (χ2v) is 20.9. The molecule has 4 heteroatoms. The van der Waals surface area contributed by atoms with Gasteiger partial charge in [0.2, 0.25) is 0 Å². The van der Waals surface area contributed by atoms with Crippen molar-refractivity contribution in [2.45, 2.75) is 191 Å². The Morgan fingerprint density at radius 3 is 0.600 bits per heavy atom. The van der Waals surface area contributed by atoms with Gasteiger partial charge in [-0.25, -0.2) is 0 Å². The van der Waals surface area contributed by atoms with Gasteiger partial charge in [0.05, 0.1) is 0 Å². The van der Waals surface area contributed by atoms with Crippen molar-refractivity contribution in [1.82, 2.24) is 19.6 Å². The van der Waals surface area contributed by atoms with E-state index in [1.165, 1.54) is 194 Å². The second kappa shape index (κ2) is 16.7. The van der Waals surface area contributed by atoms with Gasteiger partial charge in [-0.3, -0.25) is 19.6 Å². The van der Waals surface area contributed by atoms with E-state index in [2.05, 4.69) is 19.6 Å². The summed E-state index contributed by atoms with van der Waals surface area (Å²) in [5.74, 6) is 8.32. The highest BCUT2D eigenvalue weighted by Gasteiger charge is 2.40. The molecule has 0 spiro atoms. The van der Waals surface area contributed by atoms with Crippen LogP contribution in [0.5, 0.6) is 0 Å². The lowest BCUT2D eigenvalue weighted by Crippen LogP contribution is -2.52. The van der Waals surface area contributed by atoms with E-state index in [1.54, 1.807) is 25.7 Å². The number of nitrogens with zero attached hydrogens (tertiary/aromatic N) is 4. The third kappa shape index (κ3) is 8.70. The maximum atomic E-state index is 3.13. The molecular weight excluding hydrogens is 609 g/mol. The summed E-state index contributed by atoms with van der Waals surface area (Å²) < 4.78 is 0. The molecule has 9 rings (SSSR count). The van der Waals surface area contributed by atoms with E-state index in [0.717, 1.165) is 71.5 Å². The van der Waals surface area contributed by atoms with E-state index in [4.69, 9.17) is 0 Å². The fourth-order valence-corrected chi connectivity index (χ4v) is 15.4. The van der Waals surface area contributed by atoms with Crippen LogP contribution in [0.4, 0.5) is 0 Å². The maximum absolute atomic E-state index is 3.13. The predicted molar refractivity (Wildman–Crippen MR) is 209 cm³/mol. The van der Waals surface area contributed by atoms with Crippen LogP contribution in [0.3, 0.4) is 0 Å². The molecule has 0 aromatic heterocycles. The standard InChI is InChI=1S/C46H80N4/c1-7-35-23-36(8-1)28-43(27-35)47-15-5-16-49(45-31-39-11-3-12-40(25-39)32-45)21-22-50(46-33-41-13-4-14-42(26-41)34-46)18-6-17-48(20-19-47)44-29-37-9-2-10-38(24-37)30-44/h35-46H,1-34H2. The summed E-state index contributed by atoms with van der Waals surface area (Å²) in [5, 5.41) is 0. The summed E-state index contributed by atoms with van der Waals surface area (Å²) in [6.45, 7) is 10.9. The normalized spacial score (nSPS) is 46.6. The third-order valence-corrected chi connectivity index (χ3v) is 17.6. The lowest BCUT2D eigenvalue weighted by atomic mass is 9.69. The Morgan fingerprint density at radius 2 is 0.400 bits per heavy atom. The summed E-state index contributed by atoms with van der Waals surface area (Å²) in [6, 6.07) is 3.51. The average molecular weight is 689 g/mol. The van der Waals surface area contributed by atoms with Crippen LogP contribution in [0.2, 0.25) is 0 Å². The minimum absolute atomic E-state index is 0.878. The molecule has 50 heavy (non-hydrogen) atoms. The summed E-state index contributed by atoms with van der Waals surface area (Å²) in [5.41, 5.74) is 0. The molecule has 1 saturated heterocycles. The molecule has 9 aliphatic rings. The van der Waals surface area contributed by atoms with Crippen LogP contribution < -0.4 is 0 Å². The fraction of sp³-hybridized carbons (Fsp3) is 1.00. The van der Waals surface area contributed by atoms with Crippen molar-refractivity contribution in [3.05, 3.63) is 0 Å². The van der Waals surface area contributed by atoms with E-state index in [-0.39, 0.29) is 0 Å². The Labute approximate surface area is 309 Å².